The third-order valence-corrected chi connectivity index (χ3v) is 5.71. The van der Waals surface area contributed by atoms with Crippen molar-refractivity contribution in [1.29, 1.82) is 0 Å². The first kappa shape index (κ1) is 14.4. The van der Waals surface area contributed by atoms with Gasteiger partial charge in [0.2, 0.25) is 0 Å². The fraction of sp³-hybridized carbons (Fsp3) is 0.533. The Balaban J connectivity index is 1.87. The minimum absolute atomic E-state index is 0.102. The molecule has 1 aliphatic carbocycles. The molecule has 1 amide bonds. The van der Waals surface area contributed by atoms with Crippen molar-refractivity contribution < 1.29 is 13.2 Å². The maximum Gasteiger partial charge on any atom is 0.253 e. The summed E-state index contributed by atoms with van der Waals surface area (Å²) in [6.07, 6.45) is 4.77. The third-order valence-electron chi connectivity index (χ3n) is 4.62. The Labute approximate surface area is 125 Å². The van der Waals surface area contributed by atoms with E-state index in [9.17, 15) is 13.2 Å². The van der Waals surface area contributed by atoms with Crippen molar-refractivity contribution in [3.8, 4) is 0 Å². The van der Waals surface area contributed by atoms with Crippen LogP contribution in [0.3, 0.4) is 0 Å². The van der Waals surface area contributed by atoms with Gasteiger partial charge in [-0.2, -0.15) is 0 Å². The number of nitrogens with zero attached hydrogens (tertiary/aromatic N) is 1. The molecule has 2 fully saturated rings. The third kappa shape index (κ3) is 2.77. The van der Waals surface area contributed by atoms with E-state index in [4.69, 9.17) is 5.73 Å². The number of hydrogen-bond donors (Lipinski definition) is 1. The van der Waals surface area contributed by atoms with Crippen LogP contribution in [0.5, 0.6) is 0 Å². The van der Waals surface area contributed by atoms with Crippen LogP contribution in [0.25, 0.3) is 0 Å². The Kier molecular flexibility index (Phi) is 3.43. The SMILES string of the molecule is CS(=O)(=O)c1cc(N)cc(C(=O)N2CC3CCCC3C2)c1. The van der Waals surface area contributed by atoms with Gasteiger partial charge in [0.1, 0.15) is 0 Å². The van der Waals surface area contributed by atoms with Crippen LogP contribution in [0.1, 0.15) is 29.6 Å². The highest BCUT2D eigenvalue weighted by molar-refractivity contribution is 7.90. The van der Waals surface area contributed by atoms with Gasteiger partial charge < -0.3 is 10.6 Å². The molecule has 1 saturated carbocycles. The zero-order valence-electron chi connectivity index (χ0n) is 12.1. The van der Waals surface area contributed by atoms with Crippen molar-refractivity contribution >= 4 is 21.4 Å². The number of benzene rings is 1. The highest BCUT2D eigenvalue weighted by Crippen LogP contribution is 2.38. The molecule has 1 aliphatic heterocycles. The summed E-state index contributed by atoms with van der Waals surface area (Å²) in [5.41, 5.74) is 6.43. The summed E-state index contributed by atoms with van der Waals surface area (Å²) in [5, 5.41) is 0. The van der Waals surface area contributed by atoms with E-state index in [0.717, 1.165) is 19.3 Å². The van der Waals surface area contributed by atoms with Crippen molar-refractivity contribution in [2.45, 2.75) is 24.2 Å². The average Bonchev–Trinajstić information content (AvgIpc) is 2.96. The topological polar surface area (TPSA) is 80.5 Å². The van der Waals surface area contributed by atoms with E-state index < -0.39 is 9.84 Å². The minimum atomic E-state index is -3.37. The lowest BCUT2D eigenvalue weighted by molar-refractivity contribution is 0.0780. The molecule has 0 radical (unpaired) electrons. The minimum Gasteiger partial charge on any atom is -0.399 e. The number of nitrogen functional groups attached to an aromatic ring is 1. The molecule has 21 heavy (non-hydrogen) atoms. The van der Waals surface area contributed by atoms with Crippen molar-refractivity contribution in [2.24, 2.45) is 11.8 Å². The van der Waals surface area contributed by atoms with Crippen LogP contribution in [0.2, 0.25) is 0 Å². The molecule has 1 aromatic rings. The van der Waals surface area contributed by atoms with E-state index in [1.54, 1.807) is 6.07 Å². The monoisotopic (exact) mass is 308 g/mol. The standard InChI is InChI=1S/C15H20N2O3S/c1-21(19,20)14-6-12(5-13(16)7-14)15(18)17-8-10-3-2-4-11(10)9-17/h5-7,10-11H,2-4,8-9,16H2,1H3. The van der Waals surface area contributed by atoms with Crippen molar-refractivity contribution in [2.75, 3.05) is 25.1 Å². The molecule has 6 heteroatoms. The number of likely N-dealkylation sites (tertiary alicyclic amines) is 1. The molecule has 0 bridgehead atoms. The van der Waals surface area contributed by atoms with Gasteiger partial charge in [-0.05, 0) is 42.9 Å². The second-order valence-electron chi connectivity index (χ2n) is 6.22. The summed E-state index contributed by atoms with van der Waals surface area (Å²) < 4.78 is 23.3. The van der Waals surface area contributed by atoms with E-state index in [1.807, 2.05) is 4.90 Å². The second kappa shape index (κ2) is 5.02. The Bertz CT molecular complexity index is 672. The van der Waals surface area contributed by atoms with Gasteiger partial charge in [0, 0.05) is 30.6 Å². The lowest BCUT2D eigenvalue weighted by atomic mass is 10.0. The number of hydrogen-bond acceptors (Lipinski definition) is 4. The first-order valence-corrected chi connectivity index (χ1v) is 9.13. The number of fused-ring (bicyclic) bond motifs is 1. The van der Waals surface area contributed by atoms with Gasteiger partial charge in [-0.15, -0.1) is 0 Å². The lowest BCUT2D eigenvalue weighted by Gasteiger charge is -2.18. The molecule has 2 aliphatic rings. The maximum atomic E-state index is 12.6. The van der Waals surface area contributed by atoms with Gasteiger partial charge in [-0.1, -0.05) is 6.42 Å². The quantitative estimate of drug-likeness (QED) is 0.840. The van der Waals surface area contributed by atoms with E-state index in [0.29, 0.717) is 23.1 Å². The number of nitrogens with two attached hydrogens (primary N) is 1. The van der Waals surface area contributed by atoms with Crippen LogP contribution >= 0.6 is 0 Å². The summed E-state index contributed by atoms with van der Waals surface area (Å²) in [6, 6.07) is 4.39. The van der Waals surface area contributed by atoms with Crippen LogP contribution in [0, 0.1) is 11.8 Å². The highest BCUT2D eigenvalue weighted by Gasteiger charge is 2.38. The van der Waals surface area contributed by atoms with Crippen LogP contribution in [0.15, 0.2) is 23.1 Å². The predicted molar refractivity (Wildman–Crippen MR) is 80.7 cm³/mol. The Morgan fingerprint density at radius 3 is 2.38 bits per heavy atom. The normalized spacial score (nSPS) is 25.1. The maximum absolute atomic E-state index is 12.6. The molecule has 2 atom stereocenters. The summed E-state index contributed by atoms with van der Waals surface area (Å²) in [7, 11) is -3.37. The number of sulfone groups is 1. The molecule has 0 aromatic heterocycles. The molecular weight excluding hydrogens is 288 g/mol. The van der Waals surface area contributed by atoms with Crippen LogP contribution < -0.4 is 5.73 Å². The van der Waals surface area contributed by atoms with E-state index in [1.165, 1.54) is 31.4 Å². The van der Waals surface area contributed by atoms with Gasteiger partial charge in [-0.3, -0.25) is 4.79 Å². The molecule has 114 valence electrons. The summed E-state index contributed by atoms with van der Waals surface area (Å²) in [6.45, 7) is 1.57. The van der Waals surface area contributed by atoms with Gasteiger partial charge in [0.25, 0.3) is 5.91 Å². The van der Waals surface area contributed by atoms with Gasteiger partial charge >= 0.3 is 0 Å². The van der Waals surface area contributed by atoms with Crippen molar-refractivity contribution in [1.82, 2.24) is 4.90 Å². The highest BCUT2D eigenvalue weighted by atomic mass is 32.2. The Morgan fingerprint density at radius 2 is 1.81 bits per heavy atom. The number of carbonyl (C=O) groups is 1. The molecule has 1 saturated heterocycles. The molecule has 1 heterocycles. The molecule has 0 spiro atoms. The van der Waals surface area contributed by atoms with Crippen LogP contribution in [-0.4, -0.2) is 38.6 Å². The summed E-state index contributed by atoms with van der Waals surface area (Å²) in [4.78, 5) is 14.5. The number of carbonyl (C=O) groups excluding carboxylic acids is 1. The molecule has 3 rings (SSSR count). The smallest absolute Gasteiger partial charge is 0.253 e. The van der Waals surface area contributed by atoms with Crippen molar-refractivity contribution in [3.63, 3.8) is 0 Å². The fourth-order valence-electron chi connectivity index (χ4n) is 3.54. The van der Waals surface area contributed by atoms with Gasteiger partial charge in [0.15, 0.2) is 9.84 Å². The number of amides is 1. The van der Waals surface area contributed by atoms with Gasteiger partial charge in [-0.25, -0.2) is 8.42 Å². The van der Waals surface area contributed by atoms with E-state index in [-0.39, 0.29) is 10.8 Å². The van der Waals surface area contributed by atoms with Crippen LogP contribution in [-0.2, 0) is 9.84 Å². The zero-order valence-corrected chi connectivity index (χ0v) is 12.9. The Morgan fingerprint density at radius 1 is 1.19 bits per heavy atom. The predicted octanol–water partition coefficient (Wildman–Crippen LogP) is 1.54. The first-order valence-electron chi connectivity index (χ1n) is 7.24. The number of anilines is 1. The average molecular weight is 308 g/mol. The second-order valence-corrected chi connectivity index (χ2v) is 8.24. The molecular formula is C15H20N2O3S. The number of rotatable bonds is 2. The van der Waals surface area contributed by atoms with Crippen LogP contribution in [0.4, 0.5) is 5.69 Å². The lowest BCUT2D eigenvalue weighted by Crippen LogP contribution is -2.29. The van der Waals surface area contributed by atoms with E-state index in [2.05, 4.69) is 0 Å². The molecule has 5 nitrogen and oxygen atoms in total. The van der Waals surface area contributed by atoms with Gasteiger partial charge in [0.05, 0.1) is 4.90 Å². The Hall–Kier alpha value is -1.56. The molecule has 2 unspecified atom stereocenters. The van der Waals surface area contributed by atoms with Crippen molar-refractivity contribution in [3.05, 3.63) is 23.8 Å². The summed E-state index contributed by atoms with van der Waals surface area (Å²) >= 11 is 0. The molecule has 1 aromatic carbocycles. The molecule has 2 N–H and O–H groups in total. The zero-order chi connectivity index (χ0) is 15.2. The largest absolute Gasteiger partial charge is 0.399 e. The first-order chi connectivity index (χ1) is 9.84. The fourth-order valence-corrected chi connectivity index (χ4v) is 4.23. The summed E-state index contributed by atoms with van der Waals surface area (Å²) in [5.74, 6) is 1.12. The van der Waals surface area contributed by atoms with E-state index >= 15 is 0 Å².